The van der Waals surface area contributed by atoms with Crippen LogP contribution in [0.4, 0.5) is 0 Å². The topological polar surface area (TPSA) is 64.8 Å². The van der Waals surface area contributed by atoms with Crippen LogP contribution in [0.1, 0.15) is 25.7 Å². The van der Waals surface area contributed by atoms with Crippen molar-refractivity contribution in [2.24, 2.45) is 5.73 Å². The Morgan fingerprint density at radius 1 is 1.35 bits per heavy atom. The quantitative estimate of drug-likeness (QED) is 0.627. The van der Waals surface area contributed by atoms with Crippen LogP contribution in [0.15, 0.2) is 0 Å². The molecule has 0 saturated carbocycles. The standard InChI is InChI=1S/C12H24N2O3/c1-16-9-10-17-8-3-2-6-14-7-4-5-11(13)12(14)15/h11H,2-10,13H2,1H3. The molecule has 0 aromatic rings. The van der Waals surface area contributed by atoms with Gasteiger partial charge in [0, 0.05) is 26.8 Å². The van der Waals surface area contributed by atoms with Gasteiger partial charge >= 0.3 is 0 Å². The van der Waals surface area contributed by atoms with E-state index in [9.17, 15) is 4.79 Å². The van der Waals surface area contributed by atoms with Crippen LogP contribution in [0.2, 0.25) is 0 Å². The van der Waals surface area contributed by atoms with E-state index in [0.29, 0.717) is 13.2 Å². The number of nitrogens with two attached hydrogens (primary N) is 1. The van der Waals surface area contributed by atoms with Crippen molar-refractivity contribution in [1.82, 2.24) is 4.90 Å². The lowest BCUT2D eigenvalue weighted by Gasteiger charge is -2.30. The molecule has 17 heavy (non-hydrogen) atoms. The van der Waals surface area contributed by atoms with E-state index in [0.717, 1.165) is 45.4 Å². The Morgan fingerprint density at radius 2 is 2.18 bits per heavy atom. The van der Waals surface area contributed by atoms with E-state index in [1.165, 1.54) is 0 Å². The minimum absolute atomic E-state index is 0.108. The normalized spacial score (nSPS) is 20.9. The average Bonchev–Trinajstić information content (AvgIpc) is 2.33. The lowest BCUT2D eigenvalue weighted by molar-refractivity contribution is -0.135. The third kappa shape index (κ3) is 5.48. The molecule has 0 aromatic heterocycles. The van der Waals surface area contributed by atoms with Gasteiger partial charge in [-0.15, -0.1) is 0 Å². The molecule has 1 rings (SSSR count). The maximum Gasteiger partial charge on any atom is 0.239 e. The smallest absolute Gasteiger partial charge is 0.239 e. The van der Waals surface area contributed by atoms with Crippen LogP contribution in [0, 0.1) is 0 Å². The Hall–Kier alpha value is -0.650. The molecule has 1 aliphatic heterocycles. The number of carbonyl (C=O) groups is 1. The summed E-state index contributed by atoms with van der Waals surface area (Å²) in [5, 5.41) is 0. The molecule has 1 atom stereocenters. The van der Waals surface area contributed by atoms with Crippen molar-refractivity contribution in [3.05, 3.63) is 0 Å². The van der Waals surface area contributed by atoms with E-state index in [4.69, 9.17) is 15.2 Å². The van der Waals surface area contributed by atoms with Crippen LogP contribution in [0.25, 0.3) is 0 Å². The molecule has 0 aliphatic carbocycles. The third-order valence-corrected chi connectivity index (χ3v) is 2.97. The molecule has 0 aromatic carbocycles. The summed E-state index contributed by atoms with van der Waals surface area (Å²) in [4.78, 5) is 13.6. The molecule has 2 N–H and O–H groups in total. The molecule has 5 nitrogen and oxygen atoms in total. The maximum absolute atomic E-state index is 11.7. The zero-order valence-electron chi connectivity index (χ0n) is 10.7. The zero-order chi connectivity index (χ0) is 12.5. The number of carbonyl (C=O) groups excluding carboxylic acids is 1. The molecule has 0 spiro atoms. The number of nitrogens with zero attached hydrogens (tertiary/aromatic N) is 1. The van der Waals surface area contributed by atoms with Gasteiger partial charge in [-0.25, -0.2) is 0 Å². The first-order valence-electron chi connectivity index (χ1n) is 6.36. The second kappa shape index (κ2) is 8.44. The van der Waals surface area contributed by atoms with Crippen LogP contribution in [-0.4, -0.2) is 56.9 Å². The van der Waals surface area contributed by atoms with Gasteiger partial charge in [0.2, 0.25) is 5.91 Å². The van der Waals surface area contributed by atoms with E-state index in [1.807, 2.05) is 4.90 Å². The number of amides is 1. The van der Waals surface area contributed by atoms with Crippen LogP contribution < -0.4 is 5.73 Å². The summed E-state index contributed by atoms with van der Waals surface area (Å²) in [6.07, 6.45) is 3.81. The van der Waals surface area contributed by atoms with Gasteiger partial charge in [0.25, 0.3) is 0 Å². The molecule has 0 radical (unpaired) electrons. The number of hydrogen-bond donors (Lipinski definition) is 1. The number of likely N-dealkylation sites (tertiary alicyclic amines) is 1. The number of hydrogen-bond acceptors (Lipinski definition) is 4. The molecular weight excluding hydrogens is 220 g/mol. The summed E-state index contributed by atoms with van der Waals surface area (Å²) < 4.78 is 10.2. The Bertz CT molecular complexity index is 224. The largest absolute Gasteiger partial charge is 0.382 e. The molecular formula is C12H24N2O3. The fourth-order valence-corrected chi connectivity index (χ4v) is 1.94. The summed E-state index contributed by atoms with van der Waals surface area (Å²) in [5.41, 5.74) is 5.72. The second-order valence-electron chi connectivity index (χ2n) is 4.39. The highest BCUT2D eigenvalue weighted by molar-refractivity contribution is 5.82. The summed E-state index contributed by atoms with van der Waals surface area (Å²) in [6, 6.07) is -0.276. The van der Waals surface area contributed by atoms with Gasteiger partial charge in [0.15, 0.2) is 0 Å². The number of piperidine rings is 1. The molecule has 1 unspecified atom stereocenters. The number of ether oxygens (including phenoxy) is 2. The van der Waals surface area contributed by atoms with E-state index in [1.54, 1.807) is 7.11 Å². The van der Waals surface area contributed by atoms with Crippen molar-refractivity contribution in [3.63, 3.8) is 0 Å². The van der Waals surface area contributed by atoms with Crippen LogP contribution in [0.5, 0.6) is 0 Å². The molecule has 1 aliphatic rings. The molecule has 5 heteroatoms. The van der Waals surface area contributed by atoms with Crippen molar-refractivity contribution in [1.29, 1.82) is 0 Å². The Kier molecular flexibility index (Phi) is 7.16. The summed E-state index contributed by atoms with van der Waals surface area (Å²) in [5.74, 6) is 0.108. The number of unbranched alkanes of at least 4 members (excludes halogenated alkanes) is 1. The van der Waals surface area contributed by atoms with Crippen molar-refractivity contribution < 1.29 is 14.3 Å². The fourth-order valence-electron chi connectivity index (χ4n) is 1.94. The molecule has 0 bridgehead atoms. The maximum atomic E-state index is 11.7. The lowest BCUT2D eigenvalue weighted by Crippen LogP contribution is -2.48. The second-order valence-corrected chi connectivity index (χ2v) is 4.39. The Balaban J connectivity index is 2.00. The first-order valence-corrected chi connectivity index (χ1v) is 6.36. The minimum atomic E-state index is -0.276. The van der Waals surface area contributed by atoms with Crippen molar-refractivity contribution in [2.45, 2.75) is 31.7 Å². The fraction of sp³-hybridized carbons (Fsp3) is 0.917. The Morgan fingerprint density at radius 3 is 2.94 bits per heavy atom. The van der Waals surface area contributed by atoms with Gasteiger partial charge in [-0.2, -0.15) is 0 Å². The molecule has 100 valence electrons. The van der Waals surface area contributed by atoms with E-state index in [-0.39, 0.29) is 11.9 Å². The highest BCUT2D eigenvalue weighted by Crippen LogP contribution is 2.10. The van der Waals surface area contributed by atoms with Gasteiger partial charge in [0.05, 0.1) is 19.3 Å². The average molecular weight is 244 g/mol. The molecule has 1 fully saturated rings. The van der Waals surface area contributed by atoms with Gasteiger partial charge in [-0.05, 0) is 25.7 Å². The molecule has 1 heterocycles. The highest BCUT2D eigenvalue weighted by Gasteiger charge is 2.24. The first-order chi connectivity index (χ1) is 8.25. The summed E-state index contributed by atoms with van der Waals surface area (Å²) >= 11 is 0. The number of methoxy groups -OCH3 is 1. The molecule has 1 saturated heterocycles. The van der Waals surface area contributed by atoms with E-state index >= 15 is 0 Å². The highest BCUT2D eigenvalue weighted by atomic mass is 16.5. The predicted octanol–water partition coefficient (Wildman–Crippen LogP) is 0.379. The van der Waals surface area contributed by atoms with Crippen LogP contribution in [0.3, 0.4) is 0 Å². The van der Waals surface area contributed by atoms with Crippen molar-refractivity contribution >= 4 is 5.91 Å². The minimum Gasteiger partial charge on any atom is -0.382 e. The summed E-state index contributed by atoms with van der Waals surface area (Å²) in [6.45, 7) is 3.68. The summed E-state index contributed by atoms with van der Waals surface area (Å²) in [7, 11) is 1.66. The van der Waals surface area contributed by atoms with Crippen molar-refractivity contribution in [2.75, 3.05) is 40.0 Å². The van der Waals surface area contributed by atoms with Crippen molar-refractivity contribution in [3.8, 4) is 0 Å². The first kappa shape index (κ1) is 14.4. The Labute approximate surface area is 103 Å². The van der Waals surface area contributed by atoms with Crippen LogP contribution >= 0.6 is 0 Å². The monoisotopic (exact) mass is 244 g/mol. The predicted molar refractivity (Wildman–Crippen MR) is 65.7 cm³/mol. The number of rotatable bonds is 8. The van der Waals surface area contributed by atoms with Gasteiger partial charge in [0.1, 0.15) is 0 Å². The molecule has 1 amide bonds. The van der Waals surface area contributed by atoms with Crippen LogP contribution in [-0.2, 0) is 14.3 Å². The van der Waals surface area contributed by atoms with Gasteiger partial charge in [-0.3, -0.25) is 4.79 Å². The van der Waals surface area contributed by atoms with Gasteiger partial charge in [-0.1, -0.05) is 0 Å². The van der Waals surface area contributed by atoms with Gasteiger partial charge < -0.3 is 20.1 Å². The zero-order valence-corrected chi connectivity index (χ0v) is 10.7. The van der Waals surface area contributed by atoms with E-state index in [2.05, 4.69) is 0 Å². The van der Waals surface area contributed by atoms with E-state index < -0.39 is 0 Å². The third-order valence-electron chi connectivity index (χ3n) is 2.97. The SMILES string of the molecule is COCCOCCCCN1CCCC(N)C1=O. The lowest BCUT2D eigenvalue weighted by atomic mass is 10.1.